The van der Waals surface area contributed by atoms with Gasteiger partial charge in [-0.1, -0.05) is 0 Å². The molecule has 9 heteroatoms. The van der Waals surface area contributed by atoms with Crippen molar-refractivity contribution in [2.45, 2.75) is 46.2 Å². The first-order valence-corrected chi connectivity index (χ1v) is 11.1. The molecule has 152 valence electrons. The van der Waals surface area contributed by atoms with Gasteiger partial charge in [-0.15, -0.1) is 45.5 Å². The lowest BCUT2D eigenvalue weighted by atomic mass is 10.2. The van der Waals surface area contributed by atoms with Crippen molar-refractivity contribution in [2.24, 2.45) is 12.0 Å². The number of aromatic nitrogens is 3. The van der Waals surface area contributed by atoms with Crippen LogP contribution in [0.1, 0.15) is 34.7 Å². The minimum absolute atomic E-state index is 0. The van der Waals surface area contributed by atoms with E-state index in [0.717, 1.165) is 42.7 Å². The molecule has 2 aromatic heterocycles. The number of nitrogens with one attached hydrogen (secondary N) is 2. The van der Waals surface area contributed by atoms with Gasteiger partial charge in [0.1, 0.15) is 12.4 Å². The molecule has 6 nitrogen and oxygen atoms in total. The first-order valence-electron chi connectivity index (χ1n) is 8.93. The fraction of sp³-hybridized carbons (Fsp3) is 0.611. The Morgan fingerprint density at radius 1 is 1.33 bits per heavy atom. The fourth-order valence-corrected chi connectivity index (χ4v) is 3.95. The summed E-state index contributed by atoms with van der Waals surface area (Å²) in [6.07, 6.45) is 4.24. The van der Waals surface area contributed by atoms with Crippen LogP contribution in [-0.4, -0.2) is 45.3 Å². The average Bonchev–Trinajstić information content (AvgIpc) is 3.15. The van der Waals surface area contributed by atoms with E-state index >= 15 is 0 Å². The summed E-state index contributed by atoms with van der Waals surface area (Å²) >= 11 is 3.72. The highest BCUT2D eigenvalue weighted by Gasteiger charge is 2.09. The van der Waals surface area contributed by atoms with Crippen LogP contribution in [0.4, 0.5) is 0 Å². The van der Waals surface area contributed by atoms with Crippen LogP contribution in [0.5, 0.6) is 0 Å². The largest absolute Gasteiger partial charge is 0.356 e. The number of aryl methyl sites for hydroxylation is 2. The number of aliphatic imine (C=N–C) groups is 1. The quantitative estimate of drug-likeness (QED) is 0.228. The molecule has 0 aliphatic rings. The van der Waals surface area contributed by atoms with Gasteiger partial charge in [0.25, 0.3) is 0 Å². The summed E-state index contributed by atoms with van der Waals surface area (Å²) in [6, 6.07) is 4.70. The van der Waals surface area contributed by atoms with Gasteiger partial charge in [-0.25, -0.2) is 4.99 Å². The number of rotatable bonds is 9. The van der Waals surface area contributed by atoms with Crippen molar-refractivity contribution in [1.82, 2.24) is 25.4 Å². The molecule has 0 aliphatic carbocycles. The number of nitrogens with zero attached hydrogens (tertiary/aromatic N) is 4. The predicted molar refractivity (Wildman–Crippen MR) is 129 cm³/mol. The topological polar surface area (TPSA) is 67.1 Å². The molecule has 0 radical (unpaired) electrons. The molecular weight excluding hydrogens is 491 g/mol. The van der Waals surface area contributed by atoms with Crippen molar-refractivity contribution in [3.8, 4) is 0 Å². The lowest BCUT2D eigenvalue weighted by Crippen LogP contribution is -2.43. The third-order valence-electron chi connectivity index (χ3n) is 4.07. The second kappa shape index (κ2) is 12.6. The highest BCUT2D eigenvalue weighted by atomic mass is 127. The molecule has 0 saturated carbocycles. The van der Waals surface area contributed by atoms with E-state index in [2.05, 4.69) is 53.1 Å². The van der Waals surface area contributed by atoms with Crippen molar-refractivity contribution >= 4 is 53.0 Å². The minimum Gasteiger partial charge on any atom is -0.356 e. The highest BCUT2D eigenvalue weighted by molar-refractivity contribution is 14.0. The molecule has 2 heterocycles. The molecule has 0 amide bonds. The van der Waals surface area contributed by atoms with Crippen LogP contribution in [0.25, 0.3) is 0 Å². The molecule has 0 bridgehead atoms. The third-order valence-corrected chi connectivity index (χ3v) is 5.79. The zero-order valence-electron chi connectivity index (χ0n) is 16.8. The maximum Gasteiger partial charge on any atom is 0.191 e. The van der Waals surface area contributed by atoms with Crippen molar-refractivity contribution < 1.29 is 0 Å². The molecule has 0 fully saturated rings. The van der Waals surface area contributed by atoms with Gasteiger partial charge in [0.15, 0.2) is 11.8 Å². The average molecular weight is 523 g/mol. The van der Waals surface area contributed by atoms with E-state index in [0.29, 0.717) is 12.6 Å². The zero-order valence-corrected chi connectivity index (χ0v) is 20.7. The van der Waals surface area contributed by atoms with E-state index < -0.39 is 0 Å². The molecule has 0 aliphatic heterocycles. The first-order chi connectivity index (χ1) is 12.5. The molecular formula is C18H31IN6S2. The molecule has 2 aromatic rings. The van der Waals surface area contributed by atoms with Crippen molar-refractivity contribution in [3.05, 3.63) is 33.5 Å². The monoisotopic (exact) mass is 522 g/mol. The summed E-state index contributed by atoms with van der Waals surface area (Å²) in [5, 5.41) is 15.3. The summed E-state index contributed by atoms with van der Waals surface area (Å²) < 4.78 is 1.98. The third kappa shape index (κ3) is 8.39. The highest BCUT2D eigenvalue weighted by Crippen LogP contribution is 2.16. The van der Waals surface area contributed by atoms with E-state index in [1.165, 1.54) is 9.75 Å². The molecule has 0 saturated heterocycles. The van der Waals surface area contributed by atoms with E-state index in [1.54, 1.807) is 0 Å². The van der Waals surface area contributed by atoms with Crippen molar-refractivity contribution in [2.75, 3.05) is 18.6 Å². The van der Waals surface area contributed by atoms with Crippen LogP contribution in [0, 0.1) is 13.8 Å². The van der Waals surface area contributed by atoms with Gasteiger partial charge >= 0.3 is 0 Å². The number of hydrogen-bond acceptors (Lipinski definition) is 5. The Morgan fingerprint density at radius 3 is 2.70 bits per heavy atom. The number of halogens is 1. The summed E-state index contributed by atoms with van der Waals surface area (Å²) in [5.41, 5.74) is 0. The fourth-order valence-electron chi connectivity index (χ4n) is 2.50. The standard InChI is InChI=1S/C18H30N6S2.HI/c1-13(11-16-8-7-14(2)26-16)21-18(19-9-6-10-25-5)20-12-17-23-22-15(3)24(17)4;/h7-8,13H,6,9-12H2,1-5H3,(H2,19,20,21);1H. The molecule has 2 rings (SSSR count). The van der Waals surface area contributed by atoms with Gasteiger partial charge in [0.2, 0.25) is 0 Å². The minimum atomic E-state index is 0. The molecule has 1 unspecified atom stereocenters. The molecule has 2 N–H and O–H groups in total. The van der Waals surface area contributed by atoms with Gasteiger partial charge in [-0.3, -0.25) is 0 Å². The predicted octanol–water partition coefficient (Wildman–Crippen LogP) is 3.53. The van der Waals surface area contributed by atoms with Gasteiger partial charge < -0.3 is 15.2 Å². The van der Waals surface area contributed by atoms with Crippen LogP contribution in [0.2, 0.25) is 0 Å². The van der Waals surface area contributed by atoms with E-state index in [9.17, 15) is 0 Å². The van der Waals surface area contributed by atoms with Gasteiger partial charge in [0.05, 0.1) is 0 Å². The number of hydrogen-bond donors (Lipinski definition) is 2. The van der Waals surface area contributed by atoms with Gasteiger partial charge in [0, 0.05) is 35.8 Å². The summed E-state index contributed by atoms with van der Waals surface area (Å²) in [5.74, 6) is 3.76. The van der Waals surface area contributed by atoms with Crippen LogP contribution >= 0.6 is 47.1 Å². The maximum atomic E-state index is 4.72. The Labute approximate surface area is 188 Å². The second-order valence-electron chi connectivity index (χ2n) is 6.42. The summed E-state index contributed by atoms with van der Waals surface area (Å²) in [7, 11) is 1.97. The van der Waals surface area contributed by atoms with Crippen molar-refractivity contribution in [1.29, 1.82) is 0 Å². The zero-order chi connectivity index (χ0) is 18.9. The first kappa shape index (κ1) is 24.2. The van der Waals surface area contributed by atoms with Crippen LogP contribution in [-0.2, 0) is 20.0 Å². The van der Waals surface area contributed by atoms with E-state index in [1.807, 2.05) is 41.6 Å². The van der Waals surface area contributed by atoms with Crippen LogP contribution in [0.3, 0.4) is 0 Å². The van der Waals surface area contributed by atoms with E-state index in [-0.39, 0.29) is 24.0 Å². The Bertz CT molecular complexity index is 713. The molecule has 0 aromatic carbocycles. The molecule has 0 spiro atoms. The lowest BCUT2D eigenvalue weighted by molar-refractivity contribution is 0.638. The number of guanidine groups is 1. The number of thioether (sulfide) groups is 1. The second-order valence-corrected chi connectivity index (χ2v) is 8.78. The number of thiophene rings is 1. The molecule has 1 atom stereocenters. The Hall–Kier alpha value is -0.810. The van der Waals surface area contributed by atoms with Gasteiger partial charge in [-0.2, -0.15) is 11.8 Å². The maximum absolute atomic E-state index is 4.72. The lowest BCUT2D eigenvalue weighted by Gasteiger charge is -2.18. The van der Waals surface area contributed by atoms with Crippen LogP contribution < -0.4 is 10.6 Å². The Balaban J connectivity index is 0.00000364. The Morgan fingerprint density at radius 2 is 2.11 bits per heavy atom. The van der Waals surface area contributed by atoms with Crippen molar-refractivity contribution in [3.63, 3.8) is 0 Å². The van der Waals surface area contributed by atoms with Crippen LogP contribution in [0.15, 0.2) is 17.1 Å². The molecule has 27 heavy (non-hydrogen) atoms. The SMILES string of the molecule is CSCCCNC(=NCc1nnc(C)n1C)NC(C)Cc1ccc(C)s1.I. The van der Waals surface area contributed by atoms with Gasteiger partial charge in [-0.05, 0) is 51.3 Å². The summed E-state index contributed by atoms with van der Waals surface area (Å²) in [4.78, 5) is 7.47. The van der Waals surface area contributed by atoms with E-state index in [4.69, 9.17) is 4.99 Å². The Kier molecular flexibility index (Phi) is 11.3. The summed E-state index contributed by atoms with van der Waals surface area (Å²) in [6.45, 7) is 7.72. The smallest absolute Gasteiger partial charge is 0.191 e. The normalized spacial score (nSPS) is 12.6.